The van der Waals surface area contributed by atoms with E-state index in [2.05, 4.69) is 0 Å². The predicted molar refractivity (Wildman–Crippen MR) is 109 cm³/mol. The SMILES string of the molecule is COc1ccc(OC)c(S(=O)(=O)N2CCN(S(=O)(=O)c3ccc(C(F)(F)F)cc3)CC2)c1. The average Bonchev–Trinajstić information content (AvgIpc) is 2.78. The van der Waals surface area contributed by atoms with Crippen LogP contribution in [0.4, 0.5) is 13.2 Å². The van der Waals surface area contributed by atoms with E-state index in [1.54, 1.807) is 6.07 Å². The highest BCUT2D eigenvalue weighted by Gasteiger charge is 2.36. The minimum atomic E-state index is -4.58. The van der Waals surface area contributed by atoms with Gasteiger partial charge in [0.25, 0.3) is 0 Å². The van der Waals surface area contributed by atoms with Crippen LogP contribution in [-0.2, 0) is 26.2 Å². The van der Waals surface area contributed by atoms with Crippen molar-refractivity contribution in [3.8, 4) is 11.5 Å². The summed E-state index contributed by atoms with van der Waals surface area (Å²) < 4.78 is 102. The number of alkyl halides is 3. The Morgan fingerprint density at radius 1 is 0.781 bits per heavy atom. The van der Waals surface area contributed by atoms with Crippen molar-refractivity contribution in [1.29, 1.82) is 0 Å². The Balaban J connectivity index is 1.78. The van der Waals surface area contributed by atoms with E-state index < -0.39 is 31.8 Å². The number of ether oxygens (including phenoxy) is 2. The molecule has 1 aliphatic heterocycles. The van der Waals surface area contributed by atoms with Gasteiger partial charge in [-0.25, -0.2) is 16.8 Å². The molecule has 13 heteroatoms. The maximum atomic E-state index is 13.1. The van der Waals surface area contributed by atoms with Crippen LogP contribution >= 0.6 is 0 Å². The van der Waals surface area contributed by atoms with Crippen molar-refractivity contribution in [2.75, 3.05) is 40.4 Å². The number of methoxy groups -OCH3 is 2. The largest absolute Gasteiger partial charge is 0.497 e. The molecule has 0 amide bonds. The molecule has 1 fully saturated rings. The maximum Gasteiger partial charge on any atom is 0.416 e. The zero-order valence-electron chi connectivity index (χ0n) is 17.2. The van der Waals surface area contributed by atoms with Crippen molar-refractivity contribution in [2.24, 2.45) is 0 Å². The summed E-state index contributed by atoms with van der Waals surface area (Å²) in [5.74, 6) is 0.429. The predicted octanol–water partition coefficient (Wildman–Crippen LogP) is 2.42. The first-order valence-electron chi connectivity index (χ1n) is 9.31. The normalized spacial score (nSPS) is 16.7. The highest BCUT2D eigenvalue weighted by molar-refractivity contribution is 7.89. The molecule has 2 aromatic carbocycles. The molecule has 0 saturated carbocycles. The molecule has 0 N–H and O–H groups in total. The fourth-order valence-corrected chi connectivity index (χ4v) is 6.26. The minimum Gasteiger partial charge on any atom is -0.497 e. The van der Waals surface area contributed by atoms with Crippen LogP contribution in [0, 0.1) is 0 Å². The summed E-state index contributed by atoms with van der Waals surface area (Å²) in [5, 5.41) is 0. The molecular weight excluding hydrogens is 473 g/mol. The standard InChI is InChI=1S/C19H21F3N2O6S2/c1-29-15-5-8-17(30-2)18(13-15)32(27,28)24-11-9-23(10-12-24)31(25,26)16-6-3-14(4-7-16)19(20,21)22/h3-8,13H,9-12H2,1-2H3. The number of piperazine rings is 1. The van der Waals surface area contributed by atoms with Crippen molar-refractivity contribution in [3.63, 3.8) is 0 Å². The van der Waals surface area contributed by atoms with Crippen LogP contribution in [0.2, 0.25) is 0 Å². The van der Waals surface area contributed by atoms with Gasteiger partial charge < -0.3 is 9.47 Å². The van der Waals surface area contributed by atoms with E-state index in [9.17, 15) is 30.0 Å². The van der Waals surface area contributed by atoms with E-state index in [1.807, 2.05) is 0 Å². The van der Waals surface area contributed by atoms with Gasteiger partial charge in [-0.3, -0.25) is 0 Å². The average molecular weight is 495 g/mol. The van der Waals surface area contributed by atoms with Gasteiger partial charge in [-0.1, -0.05) is 0 Å². The highest BCUT2D eigenvalue weighted by atomic mass is 32.2. The van der Waals surface area contributed by atoms with Crippen molar-refractivity contribution in [1.82, 2.24) is 8.61 Å². The Labute approximate surface area is 184 Å². The van der Waals surface area contributed by atoms with Crippen LogP contribution in [-0.4, -0.2) is 65.8 Å². The monoisotopic (exact) mass is 494 g/mol. The first kappa shape index (κ1) is 24.3. The van der Waals surface area contributed by atoms with Crippen LogP contribution in [0.3, 0.4) is 0 Å². The Morgan fingerprint density at radius 3 is 1.78 bits per heavy atom. The third-order valence-electron chi connectivity index (χ3n) is 5.01. The molecule has 1 heterocycles. The number of nitrogens with zero attached hydrogens (tertiary/aromatic N) is 2. The zero-order chi connectivity index (χ0) is 23.7. The molecule has 3 rings (SSSR count). The van der Waals surface area contributed by atoms with Gasteiger partial charge in [0.2, 0.25) is 20.0 Å². The Hall–Kier alpha value is -2.35. The van der Waals surface area contributed by atoms with Crippen molar-refractivity contribution in [2.45, 2.75) is 16.0 Å². The van der Waals surface area contributed by atoms with Crippen LogP contribution < -0.4 is 9.47 Å². The summed E-state index contributed by atoms with van der Waals surface area (Å²) in [6.07, 6.45) is -4.58. The van der Waals surface area contributed by atoms with Gasteiger partial charge in [-0.2, -0.15) is 21.8 Å². The molecule has 2 aromatic rings. The van der Waals surface area contributed by atoms with Crippen LogP contribution in [0.1, 0.15) is 5.56 Å². The lowest BCUT2D eigenvalue weighted by Crippen LogP contribution is -2.50. The molecule has 0 atom stereocenters. The van der Waals surface area contributed by atoms with Gasteiger partial charge >= 0.3 is 6.18 Å². The van der Waals surface area contributed by atoms with Gasteiger partial charge in [0.15, 0.2) is 0 Å². The maximum absolute atomic E-state index is 13.1. The van der Waals surface area contributed by atoms with Crippen molar-refractivity contribution < 1.29 is 39.5 Å². The van der Waals surface area contributed by atoms with E-state index in [0.717, 1.165) is 20.7 Å². The summed E-state index contributed by atoms with van der Waals surface area (Å²) in [6.45, 7) is -0.588. The molecule has 0 bridgehead atoms. The summed E-state index contributed by atoms with van der Waals surface area (Å²) in [5.41, 5.74) is -0.959. The van der Waals surface area contributed by atoms with Crippen molar-refractivity contribution in [3.05, 3.63) is 48.0 Å². The molecule has 1 saturated heterocycles. The quantitative estimate of drug-likeness (QED) is 0.613. The molecule has 0 aliphatic carbocycles. The number of rotatable bonds is 6. The smallest absolute Gasteiger partial charge is 0.416 e. The second-order valence-corrected chi connectivity index (χ2v) is 10.7. The molecular formula is C19H21F3N2O6S2. The van der Waals surface area contributed by atoms with E-state index >= 15 is 0 Å². The molecule has 0 radical (unpaired) electrons. The highest BCUT2D eigenvalue weighted by Crippen LogP contribution is 2.32. The third kappa shape index (κ3) is 4.70. The fourth-order valence-electron chi connectivity index (χ4n) is 3.24. The molecule has 1 aliphatic rings. The van der Waals surface area contributed by atoms with Gasteiger partial charge in [0.1, 0.15) is 16.4 Å². The Morgan fingerprint density at radius 2 is 1.31 bits per heavy atom. The lowest BCUT2D eigenvalue weighted by atomic mass is 10.2. The van der Waals surface area contributed by atoms with E-state index in [-0.39, 0.29) is 41.7 Å². The molecule has 0 aromatic heterocycles. The summed E-state index contributed by atoms with van der Waals surface area (Å²) in [7, 11) is -5.37. The second-order valence-electron chi connectivity index (χ2n) is 6.85. The summed E-state index contributed by atoms with van der Waals surface area (Å²) >= 11 is 0. The number of halogens is 3. The van der Waals surface area contributed by atoms with E-state index in [4.69, 9.17) is 9.47 Å². The molecule has 8 nitrogen and oxygen atoms in total. The molecule has 32 heavy (non-hydrogen) atoms. The minimum absolute atomic E-state index is 0.113. The number of benzene rings is 2. The molecule has 0 spiro atoms. The lowest BCUT2D eigenvalue weighted by Gasteiger charge is -2.33. The van der Waals surface area contributed by atoms with Crippen LogP contribution in [0.15, 0.2) is 52.3 Å². The van der Waals surface area contributed by atoms with Crippen LogP contribution in [0.25, 0.3) is 0 Å². The Bertz CT molecular complexity index is 1170. The number of hydrogen-bond donors (Lipinski definition) is 0. The first-order valence-corrected chi connectivity index (χ1v) is 12.2. The topological polar surface area (TPSA) is 93.2 Å². The summed E-state index contributed by atoms with van der Waals surface area (Å²) in [6, 6.07) is 7.50. The van der Waals surface area contributed by atoms with Crippen molar-refractivity contribution >= 4 is 20.0 Å². The third-order valence-corrected chi connectivity index (χ3v) is 8.84. The lowest BCUT2D eigenvalue weighted by molar-refractivity contribution is -0.137. The molecule has 176 valence electrons. The fraction of sp³-hybridized carbons (Fsp3) is 0.368. The Kier molecular flexibility index (Phi) is 6.75. The van der Waals surface area contributed by atoms with Gasteiger partial charge in [-0.15, -0.1) is 0 Å². The summed E-state index contributed by atoms with van der Waals surface area (Å²) in [4.78, 5) is -0.408. The van der Waals surface area contributed by atoms with Gasteiger partial charge in [0, 0.05) is 32.2 Å². The van der Waals surface area contributed by atoms with E-state index in [1.165, 1.54) is 26.4 Å². The molecule has 0 unspecified atom stereocenters. The van der Waals surface area contributed by atoms with Crippen LogP contribution in [0.5, 0.6) is 11.5 Å². The number of hydrogen-bond acceptors (Lipinski definition) is 6. The second kappa shape index (κ2) is 8.89. The number of sulfonamides is 2. The van der Waals surface area contributed by atoms with Gasteiger partial charge in [0.05, 0.1) is 24.7 Å². The van der Waals surface area contributed by atoms with Gasteiger partial charge in [-0.05, 0) is 36.4 Å². The van der Waals surface area contributed by atoms with E-state index in [0.29, 0.717) is 17.9 Å². The zero-order valence-corrected chi connectivity index (χ0v) is 18.8. The first-order chi connectivity index (χ1) is 14.9.